The van der Waals surface area contributed by atoms with Gasteiger partial charge in [-0.1, -0.05) is 12.1 Å². The Labute approximate surface area is 113 Å². The molecular weight excluding hydrogens is 243 g/mol. The summed E-state index contributed by atoms with van der Waals surface area (Å²) in [6, 6.07) is 6.48. The molecule has 0 saturated carbocycles. The molecule has 3 nitrogen and oxygen atoms in total. The van der Waals surface area contributed by atoms with Gasteiger partial charge in [0, 0.05) is 25.2 Å². The topological polar surface area (TPSA) is 32.3 Å². The summed E-state index contributed by atoms with van der Waals surface area (Å²) in [5.41, 5.74) is 0.830. The summed E-state index contributed by atoms with van der Waals surface area (Å²) in [6.07, 6.45) is 5.43. The molecule has 0 spiro atoms. The van der Waals surface area contributed by atoms with Crippen molar-refractivity contribution in [3.63, 3.8) is 0 Å². The fourth-order valence-electron chi connectivity index (χ4n) is 2.26. The van der Waals surface area contributed by atoms with Crippen LogP contribution in [0.5, 0.6) is 0 Å². The van der Waals surface area contributed by atoms with Crippen LogP contribution in [0.1, 0.15) is 18.4 Å². The van der Waals surface area contributed by atoms with Gasteiger partial charge < -0.3 is 10.2 Å². The van der Waals surface area contributed by atoms with Crippen molar-refractivity contribution in [1.82, 2.24) is 10.2 Å². The first kappa shape index (κ1) is 13.7. The van der Waals surface area contributed by atoms with Crippen LogP contribution < -0.4 is 5.32 Å². The lowest BCUT2D eigenvalue weighted by molar-refractivity contribution is -0.127. The highest BCUT2D eigenvalue weighted by atomic mass is 19.1. The summed E-state index contributed by atoms with van der Waals surface area (Å²) >= 11 is 0. The third-order valence-corrected chi connectivity index (χ3v) is 3.43. The van der Waals surface area contributed by atoms with Gasteiger partial charge >= 0.3 is 0 Å². The van der Waals surface area contributed by atoms with E-state index in [2.05, 4.69) is 5.32 Å². The van der Waals surface area contributed by atoms with Crippen molar-refractivity contribution < 1.29 is 9.18 Å². The van der Waals surface area contributed by atoms with Crippen molar-refractivity contribution in [2.75, 3.05) is 20.1 Å². The average molecular weight is 262 g/mol. The highest BCUT2D eigenvalue weighted by Crippen LogP contribution is 2.11. The maximum atomic E-state index is 12.8. The van der Waals surface area contributed by atoms with Crippen LogP contribution in [0.3, 0.4) is 0 Å². The Morgan fingerprint density at radius 1 is 1.42 bits per heavy atom. The number of hydrogen-bond donors (Lipinski definition) is 1. The van der Waals surface area contributed by atoms with Gasteiger partial charge in [0.2, 0.25) is 5.91 Å². The Morgan fingerprint density at radius 3 is 2.84 bits per heavy atom. The molecule has 1 atom stereocenters. The molecule has 102 valence electrons. The van der Waals surface area contributed by atoms with Gasteiger partial charge in [0.1, 0.15) is 5.82 Å². The molecule has 1 aromatic rings. The normalized spacial score (nSPS) is 19.9. The Kier molecular flexibility index (Phi) is 4.68. The van der Waals surface area contributed by atoms with Crippen molar-refractivity contribution >= 4 is 12.0 Å². The Bertz CT molecular complexity index is 456. The summed E-state index contributed by atoms with van der Waals surface area (Å²) in [6.45, 7) is 1.56. The van der Waals surface area contributed by atoms with Gasteiger partial charge in [0.25, 0.3) is 0 Å². The number of nitrogens with one attached hydrogen (secondary N) is 1. The quantitative estimate of drug-likeness (QED) is 0.846. The van der Waals surface area contributed by atoms with Crippen molar-refractivity contribution in [3.8, 4) is 0 Å². The maximum Gasteiger partial charge on any atom is 0.246 e. The number of hydrogen-bond acceptors (Lipinski definition) is 2. The molecule has 19 heavy (non-hydrogen) atoms. The van der Waals surface area contributed by atoms with Crippen molar-refractivity contribution in [2.45, 2.75) is 18.9 Å². The summed E-state index contributed by atoms with van der Waals surface area (Å²) in [7, 11) is 1.92. The van der Waals surface area contributed by atoms with Gasteiger partial charge in [-0.3, -0.25) is 4.79 Å². The minimum absolute atomic E-state index is 0.0178. The summed E-state index contributed by atoms with van der Waals surface area (Å²) < 4.78 is 12.8. The van der Waals surface area contributed by atoms with E-state index in [9.17, 15) is 9.18 Å². The highest BCUT2D eigenvalue weighted by molar-refractivity contribution is 5.91. The van der Waals surface area contributed by atoms with Gasteiger partial charge in [-0.15, -0.1) is 0 Å². The first-order valence-electron chi connectivity index (χ1n) is 6.59. The molecule has 0 bridgehead atoms. The van der Waals surface area contributed by atoms with Crippen LogP contribution in [0, 0.1) is 5.82 Å². The summed E-state index contributed by atoms with van der Waals surface area (Å²) in [4.78, 5) is 13.9. The van der Waals surface area contributed by atoms with Crippen molar-refractivity contribution in [2.24, 2.45) is 0 Å². The molecule has 1 amide bonds. The molecule has 1 aromatic carbocycles. The number of benzene rings is 1. The van der Waals surface area contributed by atoms with Gasteiger partial charge in [0.15, 0.2) is 0 Å². The van der Waals surface area contributed by atoms with E-state index < -0.39 is 0 Å². The van der Waals surface area contributed by atoms with E-state index in [1.807, 2.05) is 11.9 Å². The molecule has 0 unspecified atom stereocenters. The fourth-order valence-corrected chi connectivity index (χ4v) is 2.26. The number of amides is 1. The standard InChI is InChI=1S/C15H19FN2O/c1-17-14-3-2-10-18(11-14)15(19)9-6-12-4-7-13(16)8-5-12/h4-9,14,17H,2-3,10-11H2,1H3/b9-6+/t14-/m1/s1. The largest absolute Gasteiger partial charge is 0.338 e. The van der Waals surface area contributed by atoms with Gasteiger partial charge in [-0.25, -0.2) is 4.39 Å². The van der Waals surface area contributed by atoms with E-state index in [1.54, 1.807) is 24.3 Å². The van der Waals surface area contributed by atoms with Gasteiger partial charge in [-0.2, -0.15) is 0 Å². The summed E-state index contributed by atoms with van der Waals surface area (Å²) in [5, 5.41) is 3.21. The van der Waals surface area contributed by atoms with Gasteiger partial charge in [0.05, 0.1) is 0 Å². The monoisotopic (exact) mass is 262 g/mol. The molecule has 1 saturated heterocycles. The molecule has 2 rings (SSSR count). The van der Waals surface area contributed by atoms with E-state index in [1.165, 1.54) is 12.1 Å². The summed E-state index contributed by atoms with van der Waals surface area (Å²) in [5.74, 6) is -0.249. The van der Waals surface area contributed by atoms with Crippen LogP contribution in [0.4, 0.5) is 4.39 Å². The van der Waals surface area contributed by atoms with Crippen LogP contribution >= 0.6 is 0 Å². The van der Waals surface area contributed by atoms with Crippen molar-refractivity contribution in [3.05, 3.63) is 41.7 Å². The molecule has 0 radical (unpaired) electrons. The second-order valence-corrected chi connectivity index (χ2v) is 4.80. The van der Waals surface area contributed by atoms with Gasteiger partial charge in [-0.05, 0) is 43.7 Å². The third kappa shape index (κ3) is 3.89. The van der Waals surface area contributed by atoms with E-state index in [4.69, 9.17) is 0 Å². The van der Waals surface area contributed by atoms with Crippen LogP contribution in [0.25, 0.3) is 6.08 Å². The second-order valence-electron chi connectivity index (χ2n) is 4.80. The zero-order chi connectivity index (χ0) is 13.7. The molecule has 1 heterocycles. The molecular formula is C15H19FN2O. The fraction of sp³-hybridized carbons (Fsp3) is 0.400. The minimum atomic E-state index is -0.267. The predicted molar refractivity (Wildman–Crippen MR) is 74.1 cm³/mol. The lowest BCUT2D eigenvalue weighted by Crippen LogP contribution is -2.46. The lowest BCUT2D eigenvalue weighted by Gasteiger charge is -2.31. The first-order valence-corrected chi connectivity index (χ1v) is 6.59. The Morgan fingerprint density at radius 2 is 2.16 bits per heavy atom. The minimum Gasteiger partial charge on any atom is -0.338 e. The van der Waals surface area contributed by atoms with Crippen LogP contribution in [0.15, 0.2) is 30.3 Å². The van der Waals surface area contributed by atoms with Crippen LogP contribution in [-0.2, 0) is 4.79 Å². The lowest BCUT2D eigenvalue weighted by atomic mass is 10.1. The van der Waals surface area contributed by atoms with E-state index >= 15 is 0 Å². The molecule has 1 aliphatic rings. The zero-order valence-corrected chi connectivity index (χ0v) is 11.1. The van der Waals surface area contributed by atoms with Crippen LogP contribution in [-0.4, -0.2) is 37.0 Å². The SMILES string of the molecule is CN[C@@H]1CCCN(C(=O)/C=C/c2ccc(F)cc2)C1. The average Bonchev–Trinajstić information content (AvgIpc) is 2.46. The number of likely N-dealkylation sites (N-methyl/N-ethyl adjacent to an activating group) is 1. The molecule has 1 N–H and O–H groups in total. The molecule has 0 aromatic heterocycles. The number of piperidine rings is 1. The van der Waals surface area contributed by atoms with Crippen molar-refractivity contribution in [1.29, 1.82) is 0 Å². The molecule has 0 aliphatic carbocycles. The van der Waals surface area contributed by atoms with E-state index in [0.29, 0.717) is 6.04 Å². The zero-order valence-electron chi connectivity index (χ0n) is 11.1. The predicted octanol–water partition coefficient (Wildman–Crippen LogP) is 2.05. The van der Waals surface area contributed by atoms with E-state index in [0.717, 1.165) is 31.5 Å². The molecule has 1 aliphatic heterocycles. The highest BCUT2D eigenvalue weighted by Gasteiger charge is 2.20. The number of nitrogens with zero attached hydrogens (tertiary/aromatic N) is 1. The number of rotatable bonds is 3. The molecule has 4 heteroatoms. The Balaban J connectivity index is 1.94. The number of halogens is 1. The number of carbonyl (C=O) groups excluding carboxylic acids is 1. The molecule has 1 fully saturated rings. The van der Waals surface area contributed by atoms with E-state index in [-0.39, 0.29) is 11.7 Å². The first-order chi connectivity index (χ1) is 9.19. The number of likely N-dealkylation sites (tertiary alicyclic amines) is 1. The van der Waals surface area contributed by atoms with Crippen LogP contribution in [0.2, 0.25) is 0 Å². The third-order valence-electron chi connectivity index (χ3n) is 3.43. The smallest absolute Gasteiger partial charge is 0.246 e. The second kappa shape index (κ2) is 6.48. The Hall–Kier alpha value is -1.68. The number of carbonyl (C=O) groups is 1. The maximum absolute atomic E-state index is 12.8.